The first-order chi connectivity index (χ1) is 16.2. The predicted molar refractivity (Wildman–Crippen MR) is 126 cm³/mol. The number of anilines is 2. The van der Waals surface area contributed by atoms with Crippen LogP contribution in [0.25, 0.3) is 21.8 Å². The van der Waals surface area contributed by atoms with Crippen LogP contribution in [0, 0.1) is 0 Å². The number of benzene rings is 3. The quantitative estimate of drug-likeness (QED) is 0.429. The fourth-order valence-corrected chi connectivity index (χ4v) is 4.45. The maximum Gasteiger partial charge on any atom is 0.276 e. The van der Waals surface area contributed by atoms with Gasteiger partial charge in [-0.05, 0) is 50.4 Å². The summed E-state index contributed by atoms with van der Waals surface area (Å²) in [6.45, 7) is 1.60. The lowest BCUT2D eigenvalue weighted by Gasteiger charge is -2.24. The van der Waals surface area contributed by atoms with Crippen LogP contribution in [0.4, 0.5) is 11.5 Å². The van der Waals surface area contributed by atoms with Gasteiger partial charge in [-0.15, -0.1) is 0 Å². The van der Waals surface area contributed by atoms with E-state index >= 15 is 0 Å². The molecule has 0 aliphatic carbocycles. The average molecular weight is 439 g/mol. The summed E-state index contributed by atoms with van der Waals surface area (Å²) in [5.41, 5.74) is 10.3. The van der Waals surface area contributed by atoms with E-state index in [1.807, 2.05) is 40.1 Å². The van der Waals surface area contributed by atoms with Gasteiger partial charge in [0.05, 0.1) is 13.0 Å². The summed E-state index contributed by atoms with van der Waals surface area (Å²) in [5.74, 6) is 0.638. The molecular weight excluding hydrogens is 418 g/mol. The van der Waals surface area contributed by atoms with E-state index in [9.17, 15) is 4.79 Å². The molecule has 3 N–H and O–H groups in total. The van der Waals surface area contributed by atoms with Crippen molar-refractivity contribution in [2.45, 2.75) is 12.6 Å². The Kier molecular flexibility index (Phi) is 4.55. The van der Waals surface area contributed by atoms with Crippen LogP contribution < -0.4 is 21.1 Å². The minimum absolute atomic E-state index is 0.160. The molecular formula is C24H21N7O2. The van der Waals surface area contributed by atoms with Gasteiger partial charge < -0.3 is 20.5 Å². The van der Waals surface area contributed by atoms with Gasteiger partial charge in [0.25, 0.3) is 5.56 Å². The molecule has 1 unspecified atom stereocenters. The molecule has 9 heteroatoms. The maximum absolute atomic E-state index is 12.7. The van der Waals surface area contributed by atoms with E-state index < -0.39 is 0 Å². The van der Waals surface area contributed by atoms with E-state index in [-0.39, 0.29) is 11.6 Å². The Morgan fingerprint density at radius 3 is 2.76 bits per heavy atom. The average Bonchev–Trinajstić information content (AvgIpc) is 3.44. The molecule has 0 saturated carbocycles. The van der Waals surface area contributed by atoms with Crippen molar-refractivity contribution in [3.8, 4) is 0 Å². The summed E-state index contributed by atoms with van der Waals surface area (Å²) in [5, 5.41) is 10.1. The molecule has 3 heterocycles. The Morgan fingerprint density at radius 2 is 1.85 bits per heavy atom. The van der Waals surface area contributed by atoms with Crippen LogP contribution in [0.5, 0.6) is 0 Å². The van der Waals surface area contributed by atoms with E-state index in [4.69, 9.17) is 10.4 Å². The normalized spacial score (nSPS) is 14.2. The molecule has 1 aliphatic rings. The van der Waals surface area contributed by atoms with Gasteiger partial charge in [0.15, 0.2) is 5.82 Å². The highest BCUT2D eigenvalue weighted by molar-refractivity contribution is 5.83. The fourth-order valence-electron chi connectivity index (χ4n) is 4.45. The molecule has 0 amide bonds. The van der Waals surface area contributed by atoms with Gasteiger partial charge in [0.1, 0.15) is 16.7 Å². The van der Waals surface area contributed by atoms with Crippen LogP contribution in [0.1, 0.15) is 17.2 Å². The molecule has 1 aliphatic heterocycles. The third-order valence-corrected chi connectivity index (χ3v) is 6.08. The number of hydrogen-bond donors (Lipinski definition) is 2. The van der Waals surface area contributed by atoms with Gasteiger partial charge in [-0.25, -0.2) is 9.61 Å². The first-order valence-corrected chi connectivity index (χ1v) is 10.7. The smallest absolute Gasteiger partial charge is 0.276 e. The van der Waals surface area contributed by atoms with Gasteiger partial charge in [-0.3, -0.25) is 4.79 Å². The van der Waals surface area contributed by atoms with Crippen LogP contribution >= 0.6 is 0 Å². The zero-order valence-electron chi connectivity index (χ0n) is 17.7. The number of aromatic nitrogens is 4. The molecule has 0 fully saturated rings. The monoisotopic (exact) mass is 439 g/mol. The summed E-state index contributed by atoms with van der Waals surface area (Å²) < 4.78 is 4.78. The second-order valence-electron chi connectivity index (χ2n) is 8.27. The lowest BCUT2D eigenvalue weighted by Crippen LogP contribution is -2.36. The van der Waals surface area contributed by atoms with Crippen molar-refractivity contribution in [2.75, 3.05) is 23.0 Å². The fraction of sp³-hybridized carbons (Fsp3) is 0.167. The summed E-state index contributed by atoms with van der Waals surface area (Å²) >= 11 is 0. The Labute approximate surface area is 188 Å². The van der Waals surface area contributed by atoms with Crippen molar-refractivity contribution in [2.24, 2.45) is 5.73 Å². The van der Waals surface area contributed by atoms with Crippen molar-refractivity contribution >= 4 is 33.3 Å². The number of rotatable bonds is 5. The second kappa shape index (κ2) is 7.72. The van der Waals surface area contributed by atoms with Crippen molar-refractivity contribution in [3.05, 3.63) is 88.5 Å². The first kappa shape index (κ1) is 19.4. The number of hydrogen-bond acceptors (Lipinski definition) is 8. The largest absolute Gasteiger partial charge is 0.342 e. The Hall–Kier alpha value is -4.24. The van der Waals surface area contributed by atoms with Gasteiger partial charge in [0, 0.05) is 19.1 Å². The molecule has 0 spiro atoms. The molecule has 0 bridgehead atoms. The lowest BCUT2D eigenvalue weighted by atomic mass is 10.1. The maximum atomic E-state index is 12.7. The topological polar surface area (TPSA) is 117 Å². The van der Waals surface area contributed by atoms with Crippen LogP contribution in [-0.2, 0) is 6.54 Å². The minimum Gasteiger partial charge on any atom is -0.342 e. The number of nitrogens with one attached hydrogen (secondary N) is 1. The molecule has 1 atom stereocenters. The summed E-state index contributed by atoms with van der Waals surface area (Å²) in [7, 11) is 0. The number of nitrogens with two attached hydrogens (primary N) is 1. The molecule has 9 nitrogen and oxygen atoms in total. The third kappa shape index (κ3) is 3.48. The molecule has 33 heavy (non-hydrogen) atoms. The van der Waals surface area contributed by atoms with E-state index in [1.165, 1.54) is 17.1 Å². The van der Waals surface area contributed by atoms with Gasteiger partial charge in [-0.1, -0.05) is 42.5 Å². The van der Waals surface area contributed by atoms with Gasteiger partial charge in [0.2, 0.25) is 0 Å². The van der Waals surface area contributed by atoms with Crippen molar-refractivity contribution in [1.29, 1.82) is 0 Å². The number of H-pyrrole nitrogens is 1. The lowest BCUT2D eigenvalue weighted by molar-refractivity contribution is 0.315. The van der Waals surface area contributed by atoms with E-state index in [2.05, 4.69) is 50.6 Å². The van der Waals surface area contributed by atoms with Crippen molar-refractivity contribution < 1.29 is 4.63 Å². The van der Waals surface area contributed by atoms with Gasteiger partial charge >= 0.3 is 0 Å². The Morgan fingerprint density at radius 1 is 1.00 bits per heavy atom. The summed E-state index contributed by atoms with van der Waals surface area (Å²) in [6.07, 6.45) is 1.44. The number of aromatic amines is 1. The highest BCUT2D eigenvalue weighted by Gasteiger charge is 2.31. The number of nitrogens with zero attached hydrogens (tertiary/aromatic N) is 5. The SMILES string of the molecule is NC(CN1CN(Cc2ccc3ccccc3c2)c2c1nc[nH]c2=O)c1ccc2nonc2c1. The van der Waals surface area contributed by atoms with Crippen LogP contribution in [0.15, 0.2) is 76.4 Å². The zero-order chi connectivity index (χ0) is 22.4. The second-order valence-corrected chi connectivity index (χ2v) is 8.27. The molecule has 5 aromatic rings. The summed E-state index contributed by atoms with van der Waals surface area (Å²) in [6, 6.07) is 20.0. The Balaban J connectivity index is 1.28. The van der Waals surface area contributed by atoms with Gasteiger partial charge in [-0.2, -0.15) is 0 Å². The minimum atomic E-state index is -0.305. The van der Waals surface area contributed by atoms with Crippen molar-refractivity contribution in [3.63, 3.8) is 0 Å². The third-order valence-electron chi connectivity index (χ3n) is 6.08. The molecule has 2 aromatic heterocycles. The first-order valence-electron chi connectivity index (χ1n) is 10.7. The number of fused-ring (bicyclic) bond motifs is 3. The van der Waals surface area contributed by atoms with Crippen molar-refractivity contribution in [1.82, 2.24) is 20.3 Å². The summed E-state index contributed by atoms with van der Waals surface area (Å²) in [4.78, 5) is 24.0. The molecule has 3 aromatic carbocycles. The van der Waals surface area contributed by atoms with Crippen LogP contribution in [0.3, 0.4) is 0 Å². The van der Waals surface area contributed by atoms with E-state index in [0.717, 1.165) is 11.1 Å². The molecule has 6 rings (SSSR count). The highest BCUT2D eigenvalue weighted by Crippen LogP contribution is 2.33. The van der Waals surface area contributed by atoms with E-state index in [0.29, 0.717) is 42.3 Å². The highest BCUT2D eigenvalue weighted by atomic mass is 16.6. The zero-order valence-corrected chi connectivity index (χ0v) is 17.7. The van der Waals surface area contributed by atoms with E-state index in [1.54, 1.807) is 0 Å². The van der Waals surface area contributed by atoms with Crippen LogP contribution in [0.2, 0.25) is 0 Å². The molecule has 0 radical (unpaired) electrons. The van der Waals surface area contributed by atoms with Crippen LogP contribution in [-0.4, -0.2) is 33.5 Å². The standard InChI is InChI=1S/C24H21N7O2/c25-19(18-7-8-20-21(10-18)29-33-28-20)12-31-14-30(22-23(31)26-13-27-24(22)32)11-15-5-6-16-3-1-2-4-17(16)9-15/h1-10,13,19H,11-12,14,25H2,(H,26,27,32). The predicted octanol–water partition coefficient (Wildman–Crippen LogP) is 2.94. The molecule has 164 valence electrons. The molecule has 0 saturated heterocycles. The Bertz CT molecular complexity index is 1530.